The molecule has 0 radical (unpaired) electrons. The van der Waals surface area contributed by atoms with Gasteiger partial charge in [-0.3, -0.25) is 14.6 Å². The number of thiazole rings is 1. The molecule has 0 bridgehead atoms. The van der Waals surface area contributed by atoms with Gasteiger partial charge in [0, 0.05) is 43.1 Å². The number of pyridine rings is 1. The van der Waals surface area contributed by atoms with Crippen molar-refractivity contribution in [3.8, 4) is 0 Å². The van der Waals surface area contributed by atoms with Crippen molar-refractivity contribution in [1.82, 2.24) is 20.2 Å². The lowest BCUT2D eigenvalue weighted by atomic mass is 9.97. The highest BCUT2D eigenvalue weighted by Gasteiger charge is 2.29. The van der Waals surface area contributed by atoms with E-state index in [1.54, 1.807) is 22.7 Å². The van der Waals surface area contributed by atoms with Gasteiger partial charge in [0.25, 0.3) is 5.91 Å². The van der Waals surface area contributed by atoms with Gasteiger partial charge in [-0.15, -0.1) is 11.3 Å². The number of para-hydroxylation sites is 1. The van der Waals surface area contributed by atoms with E-state index in [0.717, 1.165) is 24.1 Å². The first-order chi connectivity index (χ1) is 14.7. The van der Waals surface area contributed by atoms with E-state index in [1.807, 2.05) is 42.5 Å². The number of nitrogens with one attached hydrogen (secondary N) is 2. The Morgan fingerprint density at radius 3 is 2.83 bits per heavy atom. The van der Waals surface area contributed by atoms with Gasteiger partial charge in [-0.2, -0.15) is 0 Å². The second-order valence-electron chi connectivity index (χ2n) is 7.20. The van der Waals surface area contributed by atoms with Crippen LogP contribution in [0.15, 0.2) is 60.2 Å². The van der Waals surface area contributed by atoms with Crippen molar-refractivity contribution < 1.29 is 9.59 Å². The lowest BCUT2D eigenvalue weighted by Gasteiger charge is -2.31. The van der Waals surface area contributed by atoms with Gasteiger partial charge in [0.05, 0.1) is 5.92 Å². The lowest BCUT2D eigenvalue weighted by Crippen LogP contribution is -2.45. The van der Waals surface area contributed by atoms with Crippen LogP contribution in [0.3, 0.4) is 0 Å². The zero-order valence-corrected chi connectivity index (χ0v) is 17.3. The molecule has 1 atom stereocenters. The van der Waals surface area contributed by atoms with Crippen LogP contribution in [0.5, 0.6) is 0 Å². The first kappa shape index (κ1) is 20.0. The molecule has 0 saturated carbocycles. The molecule has 2 amide bonds. The fourth-order valence-electron chi connectivity index (χ4n) is 3.45. The highest BCUT2D eigenvalue weighted by atomic mass is 32.1. The van der Waals surface area contributed by atoms with Gasteiger partial charge in [0.1, 0.15) is 5.69 Å². The molecule has 8 heteroatoms. The van der Waals surface area contributed by atoms with Gasteiger partial charge in [-0.05, 0) is 36.6 Å². The number of likely N-dealkylation sites (tertiary alicyclic amines) is 1. The number of aromatic nitrogens is 2. The number of rotatable bonds is 6. The normalized spacial score (nSPS) is 16.1. The maximum atomic E-state index is 12.9. The molecule has 3 heterocycles. The van der Waals surface area contributed by atoms with Crippen molar-refractivity contribution in [1.29, 1.82) is 0 Å². The number of amides is 2. The van der Waals surface area contributed by atoms with Gasteiger partial charge in [-0.25, -0.2) is 4.98 Å². The topological polar surface area (TPSA) is 87.2 Å². The molecule has 4 rings (SSSR count). The third kappa shape index (κ3) is 5.01. The monoisotopic (exact) mass is 421 g/mol. The second-order valence-corrected chi connectivity index (χ2v) is 8.06. The predicted molar refractivity (Wildman–Crippen MR) is 117 cm³/mol. The minimum absolute atomic E-state index is 0.0268. The smallest absolute Gasteiger partial charge is 0.273 e. The molecule has 0 unspecified atom stereocenters. The summed E-state index contributed by atoms with van der Waals surface area (Å²) in [7, 11) is 0. The number of hydrogen-bond donors (Lipinski definition) is 2. The SMILES string of the molecule is O=C(NCc1cccnc1)[C@@H]1CCCN(C(=O)c2csc(Nc3ccccc3)n2)C1. The minimum atomic E-state index is -0.208. The van der Waals surface area contributed by atoms with E-state index in [0.29, 0.717) is 30.5 Å². The predicted octanol–water partition coefficient (Wildman–Crippen LogP) is 3.45. The summed E-state index contributed by atoms with van der Waals surface area (Å²) in [5.74, 6) is -0.363. The highest BCUT2D eigenvalue weighted by Crippen LogP contribution is 2.23. The summed E-state index contributed by atoms with van der Waals surface area (Å²) in [4.78, 5) is 35.7. The van der Waals surface area contributed by atoms with Gasteiger partial charge in [0.15, 0.2) is 5.13 Å². The third-order valence-electron chi connectivity index (χ3n) is 5.02. The van der Waals surface area contributed by atoms with Crippen molar-refractivity contribution >= 4 is 34.0 Å². The molecular formula is C22H23N5O2S. The van der Waals surface area contributed by atoms with Crippen LogP contribution in [0, 0.1) is 5.92 Å². The molecule has 1 aromatic carbocycles. The quantitative estimate of drug-likeness (QED) is 0.637. The first-order valence-corrected chi connectivity index (χ1v) is 10.8. The summed E-state index contributed by atoms with van der Waals surface area (Å²) in [5, 5.41) is 8.60. The van der Waals surface area contributed by atoms with Crippen LogP contribution in [-0.2, 0) is 11.3 Å². The van der Waals surface area contributed by atoms with E-state index >= 15 is 0 Å². The van der Waals surface area contributed by atoms with Crippen molar-refractivity contribution in [3.63, 3.8) is 0 Å². The van der Waals surface area contributed by atoms with E-state index in [2.05, 4.69) is 20.6 Å². The number of benzene rings is 1. The van der Waals surface area contributed by atoms with E-state index < -0.39 is 0 Å². The first-order valence-electron chi connectivity index (χ1n) is 9.92. The van der Waals surface area contributed by atoms with Crippen LogP contribution in [0.2, 0.25) is 0 Å². The van der Waals surface area contributed by atoms with E-state index in [1.165, 1.54) is 11.3 Å². The molecule has 2 N–H and O–H groups in total. The molecule has 7 nitrogen and oxygen atoms in total. The van der Waals surface area contributed by atoms with Crippen molar-refractivity contribution in [3.05, 3.63) is 71.5 Å². The van der Waals surface area contributed by atoms with Gasteiger partial charge < -0.3 is 15.5 Å². The average molecular weight is 422 g/mol. The van der Waals surface area contributed by atoms with Crippen LogP contribution in [-0.4, -0.2) is 39.8 Å². The maximum absolute atomic E-state index is 12.9. The zero-order chi connectivity index (χ0) is 20.8. The van der Waals surface area contributed by atoms with Gasteiger partial charge >= 0.3 is 0 Å². The summed E-state index contributed by atoms with van der Waals surface area (Å²) >= 11 is 1.39. The number of nitrogens with zero attached hydrogens (tertiary/aromatic N) is 3. The Balaban J connectivity index is 1.33. The van der Waals surface area contributed by atoms with Crippen molar-refractivity contribution in [2.45, 2.75) is 19.4 Å². The number of hydrogen-bond acceptors (Lipinski definition) is 6. The molecule has 2 aromatic heterocycles. The van der Waals surface area contributed by atoms with Crippen LogP contribution >= 0.6 is 11.3 Å². The summed E-state index contributed by atoms with van der Waals surface area (Å²) in [6, 6.07) is 13.5. The molecule has 1 fully saturated rings. The van der Waals surface area contributed by atoms with Gasteiger partial charge in [-0.1, -0.05) is 24.3 Å². The van der Waals surface area contributed by atoms with E-state index in [9.17, 15) is 9.59 Å². The number of carbonyl (C=O) groups excluding carboxylic acids is 2. The Morgan fingerprint density at radius 2 is 2.03 bits per heavy atom. The standard InChI is InChI=1S/C22H23N5O2S/c28-20(24-13-16-6-4-10-23-12-16)17-7-5-11-27(14-17)21(29)19-15-30-22(26-19)25-18-8-2-1-3-9-18/h1-4,6,8-10,12,15,17H,5,7,11,13-14H2,(H,24,28)(H,25,26)/t17-/m1/s1. The fraction of sp³-hybridized carbons (Fsp3) is 0.273. The fourth-order valence-corrected chi connectivity index (χ4v) is 4.15. The molecule has 154 valence electrons. The maximum Gasteiger partial charge on any atom is 0.273 e. The average Bonchev–Trinajstić information content (AvgIpc) is 3.27. The lowest BCUT2D eigenvalue weighted by molar-refractivity contribution is -0.126. The van der Waals surface area contributed by atoms with Crippen molar-refractivity contribution in [2.75, 3.05) is 18.4 Å². The van der Waals surface area contributed by atoms with Crippen molar-refractivity contribution in [2.24, 2.45) is 5.92 Å². The Labute approximate surface area is 179 Å². The molecule has 0 aliphatic carbocycles. The Kier molecular flexibility index (Phi) is 6.34. The van der Waals surface area contributed by atoms with Crippen LogP contribution in [0.25, 0.3) is 0 Å². The van der Waals surface area contributed by atoms with Crippen LogP contribution in [0.1, 0.15) is 28.9 Å². The largest absolute Gasteiger partial charge is 0.352 e. The molecule has 1 saturated heterocycles. The number of carbonyl (C=O) groups is 2. The number of anilines is 2. The second kappa shape index (κ2) is 9.49. The molecule has 30 heavy (non-hydrogen) atoms. The summed E-state index contributed by atoms with van der Waals surface area (Å²) < 4.78 is 0. The minimum Gasteiger partial charge on any atom is -0.352 e. The van der Waals surface area contributed by atoms with Crippen LogP contribution < -0.4 is 10.6 Å². The Bertz CT molecular complexity index is 993. The Morgan fingerprint density at radius 1 is 1.17 bits per heavy atom. The van der Waals surface area contributed by atoms with Crippen LogP contribution in [0.4, 0.5) is 10.8 Å². The zero-order valence-electron chi connectivity index (χ0n) is 16.5. The molecule has 1 aliphatic rings. The number of piperidine rings is 1. The summed E-state index contributed by atoms with van der Waals surface area (Å²) in [5.41, 5.74) is 2.29. The molecule has 3 aromatic rings. The Hall–Kier alpha value is -3.26. The molecule has 1 aliphatic heterocycles. The molecule has 0 spiro atoms. The van der Waals surface area contributed by atoms with Gasteiger partial charge in [0.2, 0.25) is 5.91 Å². The highest BCUT2D eigenvalue weighted by molar-refractivity contribution is 7.14. The summed E-state index contributed by atoms with van der Waals surface area (Å²) in [6.07, 6.45) is 5.02. The van der Waals surface area contributed by atoms with E-state index in [-0.39, 0.29) is 17.7 Å². The van der Waals surface area contributed by atoms with E-state index in [4.69, 9.17) is 0 Å². The third-order valence-corrected chi connectivity index (χ3v) is 5.78. The summed E-state index contributed by atoms with van der Waals surface area (Å²) in [6.45, 7) is 1.50. The molecular weight excluding hydrogens is 398 g/mol.